The fraction of sp³-hybridized carbons (Fsp3) is 0.371. The minimum absolute atomic E-state index is 0.0914. The second-order valence-electron chi connectivity index (χ2n) is 9.68. The number of hydrogen-bond donors (Lipinski definition) is 0. The van der Waals surface area contributed by atoms with Crippen LogP contribution in [0.5, 0.6) is 11.5 Å². The molecule has 0 aromatic heterocycles. The van der Waals surface area contributed by atoms with Crippen LogP contribution in [-0.4, -0.2) is 65.5 Å². The average Bonchev–Trinajstić information content (AvgIpc) is 3.06. The Balaban J connectivity index is 1.96. The van der Waals surface area contributed by atoms with Crippen LogP contribution in [0.25, 0.3) is 21.5 Å². The van der Waals surface area contributed by atoms with Gasteiger partial charge in [0, 0.05) is 44.0 Å². The van der Waals surface area contributed by atoms with Crippen molar-refractivity contribution in [3.05, 3.63) is 82.9 Å². The molecule has 4 aromatic carbocycles. The molecule has 0 amide bonds. The van der Waals surface area contributed by atoms with E-state index in [0.29, 0.717) is 49.1 Å². The van der Waals surface area contributed by atoms with Crippen LogP contribution < -0.4 is 9.47 Å². The molecular weight excluding hydrogens is 580 g/mol. The molecule has 0 unspecified atom stereocenters. The molecule has 0 aliphatic rings. The third kappa shape index (κ3) is 8.49. The Bertz CT molecular complexity index is 1470. The quantitative estimate of drug-likeness (QED) is 0.0683. The smallest absolute Gasteiger partial charge is 0.344 e. The Hall–Kier alpha value is -4.22. The molecule has 0 N–H and O–H groups in total. The predicted molar refractivity (Wildman–Crippen MR) is 169 cm³/mol. The van der Waals surface area contributed by atoms with Crippen molar-refractivity contribution in [2.75, 3.05) is 53.6 Å². The zero-order valence-corrected chi connectivity index (χ0v) is 26.2. The number of benzene rings is 4. The molecule has 0 saturated heterocycles. The first kappa shape index (κ1) is 33.7. The van der Waals surface area contributed by atoms with E-state index in [1.54, 1.807) is 12.1 Å². The minimum atomic E-state index is -0.604. The summed E-state index contributed by atoms with van der Waals surface area (Å²) < 4.78 is 44.8. The monoisotopic (exact) mass is 620 g/mol. The lowest BCUT2D eigenvalue weighted by molar-refractivity contribution is -0.0290. The van der Waals surface area contributed by atoms with Gasteiger partial charge in [-0.15, -0.1) is 0 Å². The van der Waals surface area contributed by atoms with Crippen LogP contribution >= 0.6 is 0 Å². The van der Waals surface area contributed by atoms with Gasteiger partial charge in [0.05, 0.1) is 0 Å². The highest BCUT2D eigenvalue weighted by Gasteiger charge is 2.26. The SMILES string of the molecule is CCOCOC(=O)c1cc2ccccc2c(Cc2c(OCOCC)c(C(=O)OCOCC)cc3ccccc23)c1OCOCC. The van der Waals surface area contributed by atoms with E-state index in [1.165, 1.54) is 0 Å². The molecule has 0 aliphatic carbocycles. The van der Waals surface area contributed by atoms with Crippen molar-refractivity contribution in [1.82, 2.24) is 0 Å². The zero-order chi connectivity index (χ0) is 32.0. The summed E-state index contributed by atoms with van der Waals surface area (Å²) in [5, 5.41) is 3.28. The second kappa shape index (κ2) is 17.3. The van der Waals surface area contributed by atoms with Gasteiger partial charge in [-0.2, -0.15) is 0 Å². The largest absolute Gasteiger partial charge is 0.466 e. The minimum Gasteiger partial charge on any atom is -0.466 e. The normalized spacial score (nSPS) is 11.1. The average molecular weight is 621 g/mol. The summed E-state index contributed by atoms with van der Waals surface area (Å²) in [5.74, 6) is -0.610. The van der Waals surface area contributed by atoms with Gasteiger partial charge in [-0.25, -0.2) is 9.59 Å². The zero-order valence-electron chi connectivity index (χ0n) is 26.2. The lowest BCUT2D eigenvalue weighted by atomic mass is 9.90. The summed E-state index contributed by atoms with van der Waals surface area (Å²) in [6.45, 7) is 8.37. The maximum atomic E-state index is 13.4. The molecular formula is C35H40O10. The molecule has 0 heterocycles. The number of carbonyl (C=O) groups excluding carboxylic acids is 2. The maximum Gasteiger partial charge on any atom is 0.344 e. The summed E-state index contributed by atoms with van der Waals surface area (Å²) >= 11 is 0. The molecule has 0 fully saturated rings. The highest BCUT2D eigenvalue weighted by molar-refractivity contribution is 6.03. The Labute approximate surface area is 263 Å². The van der Waals surface area contributed by atoms with Gasteiger partial charge in [0.1, 0.15) is 22.6 Å². The van der Waals surface area contributed by atoms with Gasteiger partial charge in [-0.05, 0) is 61.4 Å². The van der Waals surface area contributed by atoms with Crippen molar-refractivity contribution >= 4 is 33.5 Å². The number of rotatable bonds is 18. The van der Waals surface area contributed by atoms with Crippen molar-refractivity contribution in [2.45, 2.75) is 34.1 Å². The summed E-state index contributed by atoms with van der Waals surface area (Å²) in [7, 11) is 0. The third-order valence-electron chi connectivity index (χ3n) is 6.94. The number of fused-ring (bicyclic) bond motifs is 2. The molecule has 0 radical (unpaired) electrons. The van der Waals surface area contributed by atoms with Crippen LogP contribution in [0.4, 0.5) is 0 Å². The van der Waals surface area contributed by atoms with Crippen LogP contribution in [0.1, 0.15) is 59.5 Å². The van der Waals surface area contributed by atoms with Gasteiger partial charge in [0.15, 0.2) is 27.2 Å². The molecule has 0 aliphatic heterocycles. The molecule has 10 heteroatoms. The Morgan fingerprint density at radius 3 is 1.31 bits per heavy atom. The molecule has 240 valence electrons. The van der Waals surface area contributed by atoms with Crippen LogP contribution in [-0.2, 0) is 34.8 Å². The van der Waals surface area contributed by atoms with Gasteiger partial charge in [-0.1, -0.05) is 48.5 Å². The first-order valence-corrected chi connectivity index (χ1v) is 15.0. The van der Waals surface area contributed by atoms with Crippen molar-refractivity contribution in [3.63, 3.8) is 0 Å². The van der Waals surface area contributed by atoms with E-state index in [0.717, 1.165) is 21.5 Å². The Morgan fingerprint density at radius 1 is 0.533 bits per heavy atom. The van der Waals surface area contributed by atoms with Crippen molar-refractivity contribution in [3.8, 4) is 11.5 Å². The maximum absolute atomic E-state index is 13.4. The molecule has 10 nitrogen and oxygen atoms in total. The first-order chi connectivity index (χ1) is 22.0. The van der Waals surface area contributed by atoms with Gasteiger partial charge >= 0.3 is 11.9 Å². The van der Waals surface area contributed by atoms with Crippen molar-refractivity contribution in [1.29, 1.82) is 0 Å². The molecule has 4 rings (SSSR count). The molecule has 0 spiro atoms. The number of esters is 2. The van der Waals surface area contributed by atoms with E-state index in [-0.39, 0.29) is 44.7 Å². The topological polar surface area (TPSA) is 108 Å². The van der Waals surface area contributed by atoms with Crippen molar-refractivity contribution < 1.29 is 47.5 Å². The fourth-order valence-corrected chi connectivity index (χ4v) is 4.85. The molecule has 0 bridgehead atoms. The van der Waals surface area contributed by atoms with Crippen LogP contribution in [0, 0.1) is 0 Å². The fourth-order valence-electron chi connectivity index (χ4n) is 4.85. The van der Waals surface area contributed by atoms with Gasteiger partial charge in [0.25, 0.3) is 0 Å². The van der Waals surface area contributed by atoms with Gasteiger partial charge < -0.3 is 37.9 Å². The third-order valence-corrected chi connectivity index (χ3v) is 6.94. The number of hydrogen-bond acceptors (Lipinski definition) is 10. The van der Waals surface area contributed by atoms with Crippen LogP contribution in [0.3, 0.4) is 0 Å². The van der Waals surface area contributed by atoms with Gasteiger partial charge in [0.2, 0.25) is 0 Å². The summed E-state index contributed by atoms with van der Waals surface area (Å²) in [5.41, 5.74) is 1.80. The molecule has 45 heavy (non-hydrogen) atoms. The first-order valence-electron chi connectivity index (χ1n) is 15.0. The standard InChI is InChI=1S/C35H40O10/c1-5-38-20-42-32-28(26-15-11-9-13-24(26)17-30(32)34(36)44-22-40-7-3)19-29-27-16-12-10-14-25(27)18-31(33(29)43-21-39-6-2)35(37)45-23-41-8-4/h9-18H,5-8,19-23H2,1-4H3. The highest BCUT2D eigenvalue weighted by Crippen LogP contribution is 2.40. The van der Waals surface area contributed by atoms with Crippen molar-refractivity contribution in [2.24, 2.45) is 0 Å². The predicted octanol–water partition coefficient (Wildman–Crippen LogP) is 6.63. The molecule has 0 atom stereocenters. The number of carbonyl (C=O) groups is 2. The van der Waals surface area contributed by atoms with E-state index < -0.39 is 11.9 Å². The summed E-state index contributed by atoms with van der Waals surface area (Å²) in [6, 6.07) is 18.8. The Morgan fingerprint density at radius 2 is 0.911 bits per heavy atom. The summed E-state index contributed by atoms with van der Waals surface area (Å²) in [4.78, 5) is 26.8. The number of ether oxygens (including phenoxy) is 8. The van der Waals surface area contributed by atoms with Crippen LogP contribution in [0.2, 0.25) is 0 Å². The van der Waals surface area contributed by atoms with E-state index >= 15 is 0 Å². The lowest BCUT2D eigenvalue weighted by Crippen LogP contribution is -2.15. The molecule has 4 aromatic rings. The van der Waals surface area contributed by atoms with E-state index in [9.17, 15) is 9.59 Å². The Kier molecular flexibility index (Phi) is 13.0. The molecule has 0 saturated carbocycles. The summed E-state index contributed by atoms with van der Waals surface area (Å²) in [6.07, 6.45) is 0.211. The van der Waals surface area contributed by atoms with E-state index in [4.69, 9.17) is 37.9 Å². The van der Waals surface area contributed by atoms with E-state index in [2.05, 4.69) is 0 Å². The van der Waals surface area contributed by atoms with Crippen LogP contribution in [0.15, 0.2) is 60.7 Å². The van der Waals surface area contributed by atoms with Gasteiger partial charge in [-0.3, -0.25) is 0 Å². The second-order valence-corrected chi connectivity index (χ2v) is 9.68. The van der Waals surface area contributed by atoms with E-state index in [1.807, 2.05) is 76.2 Å². The highest BCUT2D eigenvalue weighted by atomic mass is 16.7. The lowest BCUT2D eigenvalue weighted by Gasteiger charge is -2.21.